The van der Waals surface area contributed by atoms with Gasteiger partial charge in [-0.1, -0.05) is 17.9 Å². The number of aryl methyl sites for hydroxylation is 1. The van der Waals surface area contributed by atoms with Crippen LogP contribution in [-0.2, 0) is 4.74 Å². The fourth-order valence-electron chi connectivity index (χ4n) is 2.03. The summed E-state index contributed by atoms with van der Waals surface area (Å²) in [6.07, 6.45) is 0. The Hall–Kier alpha value is -1.83. The standard InChI is InChI=1S/C15H18N2O2/c1-12-4-5-14(13(11-12)3-2-6-16)15(18)17-7-9-19-10-8-17/h4-5,11H,6-10,16H2,1H3. The van der Waals surface area contributed by atoms with Crippen LogP contribution in [0.3, 0.4) is 0 Å². The number of rotatable bonds is 1. The van der Waals surface area contributed by atoms with Gasteiger partial charge in [-0.2, -0.15) is 0 Å². The van der Waals surface area contributed by atoms with Crippen LogP contribution in [0.1, 0.15) is 21.5 Å². The van der Waals surface area contributed by atoms with Gasteiger partial charge >= 0.3 is 0 Å². The molecule has 1 aromatic carbocycles. The molecule has 0 bridgehead atoms. The predicted molar refractivity (Wildman–Crippen MR) is 73.8 cm³/mol. The lowest BCUT2D eigenvalue weighted by molar-refractivity contribution is 0.0302. The van der Waals surface area contributed by atoms with E-state index in [1.807, 2.05) is 30.0 Å². The highest BCUT2D eigenvalue weighted by molar-refractivity contribution is 5.97. The summed E-state index contributed by atoms with van der Waals surface area (Å²) in [7, 11) is 0. The molecule has 0 atom stereocenters. The second-order valence-corrected chi connectivity index (χ2v) is 4.46. The molecule has 1 aliphatic heterocycles. The molecule has 19 heavy (non-hydrogen) atoms. The number of hydrogen-bond donors (Lipinski definition) is 1. The van der Waals surface area contributed by atoms with E-state index in [2.05, 4.69) is 11.8 Å². The van der Waals surface area contributed by atoms with E-state index in [0.717, 1.165) is 11.1 Å². The molecular weight excluding hydrogens is 240 g/mol. The number of benzene rings is 1. The zero-order valence-corrected chi connectivity index (χ0v) is 11.1. The molecule has 0 spiro atoms. The summed E-state index contributed by atoms with van der Waals surface area (Å²) in [6.45, 7) is 4.74. The number of amides is 1. The maximum atomic E-state index is 12.5. The zero-order valence-electron chi connectivity index (χ0n) is 11.1. The van der Waals surface area contributed by atoms with Crippen molar-refractivity contribution in [3.63, 3.8) is 0 Å². The number of nitrogens with two attached hydrogens (primary N) is 1. The third-order valence-corrected chi connectivity index (χ3v) is 3.03. The first-order valence-corrected chi connectivity index (χ1v) is 6.39. The minimum atomic E-state index is 0.0182. The Bertz CT molecular complexity index is 523. The van der Waals surface area contributed by atoms with Crippen LogP contribution in [0, 0.1) is 18.8 Å². The van der Waals surface area contributed by atoms with Gasteiger partial charge in [-0.25, -0.2) is 0 Å². The van der Waals surface area contributed by atoms with Gasteiger partial charge in [0.25, 0.3) is 5.91 Å². The van der Waals surface area contributed by atoms with Gasteiger partial charge in [0, 0.05) is 18.7 Å². The molecule has 4 heteroatoms. The number of hydrogen-bond acceptors (Lipinski definition) is 3. The maximum Gasteiger partial charge on any atom is 0.255 e. The molecule has 100 valence electrons. The molecule has 1 saturated heterocycles. The van der Waals surface area contributed by atoms with Crippen LogP contribution < -0.4 is 5.73 Å². The lowest BCUT2D eigenvalue weighted by Gasteiger charge is -2.27. The molecule has 0 aromatic heterocycles. The monoisotopic (exact) mass is 258 g/mol. The van der Waals surface area contributed by atoms with Gasteiger partial charge in [-0.3, -0.25) is 4.79 Å². The van der Waals surface area contributed by atoms with Gasteiger partial charge < -0.3 is 15.4 Å². The van der Waals surface area contributed by atoms with Gasteiger partial charge in [-0.05, 0) is 24.6 Å². The SMILES string of the molecule is Cc1ccc(C(=O)N2CCOCC2)c(C#CCN)c1. The zero-order chi connectivity index (χ0) is 13.7. The van der Waals surface area contributed by atoms with Crippen molar-refractivity contribution >= 4 is 5.91 Å². The van der Waals surface area contributed by atoms with Gasteiger partial charge in [-0.15, -0.1) is 0 Å². The smallest absolute Gasteiger partial charge is 0.255 e. The molecule has 0 saturated carbocycles. The van der Waals surface area contributed by atoms with Crippen LogP contribution in [0.4, 0.5) is 0 Å². The number of ether oxygens (including phenoxy) is 1. The highest BCUT2D eigenvalue weighted by atomic mass is 16.5. The minimum absolute atomic E-state index is 0.0182. The highest BCUT2D eigenvalue weighted by Gasteiger charge is 2.20. The molecule has 1 amide bonds. The number of morpholine rings is 1. The van der Waals surface area contributed by atoms with E-state index in [4.69, 9.17) is 10.5 Å². The molecule has 1 aromatic rings. The van der Waals surface area contributed by atoms with Gasteiger partial charge in [0.1, 0.15) is 0 Å². The van der Waals surface area contributed by atoms with E-state index in [0.29, 0.717) is 38.4 Å². The second-order valence-electron chi connectivity index (χ2n) is 4.46. The third kappa shape index (κ3) is 3.34. The van der Waals surface area contributed by atoms with Crippen molar-refractivity contribution in [2.24, 2.45) is 5.73 Å². The first-order chi connectivity index (χ1) is 9.22. The Morgan fingerprint density at radius 1 is 1.42 bits per heavy atom. The lowest BCUT2D eigenvalue weighted by atomic mass is 10.0. The third-order valence-electron chi connectivity index (χ3n) is 3.03. The Morgan fingerprint density at radius 3 is 2.84 bits per heavy atom. The topological polar surface area (TPSA) is 55.6 Å². The summed E-state index contributed by atoms with van der Waals surface area (Å²) in [6, 6.07) is 5.70. The average Bonchev–Trinajstić information content (AvgIpc) is 2.45. The van der Waals surface area contributed by atoms with Gasteiger partial charge in [0.2, 0.25) is 0 Å². The normalized spacial score (nSPS) is 14.7. The van der Waals surface area contributed by atoms with Crippen LogP contribution in [0.25, 0.3) is 0 Å². The van der Waals surface area contributed by atoms with Crippen molar-refractivity contribution in [1.82, 2.24) is 4.90 Å². The van der Waals surface area contributed by atoms with Crippen molar-refractivity contribution < 1.29 is 9.53 Å². The molecule has 1 fully saturated rings. The van der Waals surface area contributed by atoms with Crippen molar-refractivity contribution in [3.05, 3.63) is 34.9 Å². The Morgan fingerprint density at radius 2 is 2.16 bits per heavy atom. The van der Waals surface area contributed by atoms with Crippen LogP contribution >= 0.6 is 0 Å². The summed E-state index contributed by atoms with van der Waals surface area (Å²) in [4.78, 5) is 14.3. The van der Waals surface area contributed by atoms with Crippen LogP contribution in [0.15, 0.2) is 18.2 Å². The molecule has 2 rings (SSSR count). The van der Waals surface area contributed by atoms with Gasteiger partial charge in [0.05, 0.1) is 25.3 Å². The first-order valence-electron chi connectivity index (χ1n) is 6.39. The largest absolute Gasteiger partial charge is 0.378 e. The minimum Gasteiger partial charge on any atom is -0.378 e. The van der Waals surface area contributed by atoms with E-state index in [9.17, 15) is 4.79 Å². The van der Waals surface area contributed by atoms with E-state index < -0.39 is 0 Å². The fourth-order valence-corrected chi connectivity index (χ4v) is 2.03. The van der Waals surface area contributed by atoms with Gasteiger partial charge in [0.15, 0.2) is 0 Å². The number of carbonyl (C=O) groups excluding carboxylic acids is 1. The van der Waals surface area contributed by atoms with Crippen LogP contribution in [-0.4, -0.2) is 43.7 Å². The highest BCUT2D eigenvalue weighted by Crippen LogP contribution is 2.14. The lowest BCUT2D eigenvalue weighted by Crippen LogP contribution is -2.41. The number of carbonyl (C=O) groups is 1. The summed E-state index contributed by atoms with van der Waals surface area (Å²) in [5, 5.41) is 0. The first kappa shape index (κ1) is 13.6. The Balaban J connectivity index is 2.29. The number of nitrogens with zero attached hydrogens (tertiary/aromatic N) is 1. The molecule has 1 aliphatic rings. The van der Waals surface area contributed by atoms with E-state index in [1.54, 1.807) is 0 Å². The molecule has 4 nitrogen and oxygen atoms in total. The van der Waals surface area contributed by atoms with Crippen molar-refractivity contribution in [2.75, 3.05) is 32.8 Å². The molecule has 2 N–H and O–H groups in total. The Labute approximate surface area is 113 Å². The molecule has 1 heterocycles. The summed E-state index contributed by atoms with van der Waals surface area (Å²) in [5.41, 5.74) is 7.88. The Kier molecular flexibility index (Phi) is 4.56. The summed E-state index contributed by atoms with van der Waals surface area (Å²) in [5.74, 6) is 5.81. The fraction of sp³-hybridized carbons (Fsp3) is 0.400. The quantitative estimate of drug-likeness (QED) is 0.757. The van der Waals surface area contributed by atoms with Crippen molar-refractivity contribution in [1.29, 1.82) is 0 Å². The van der Waals surface area contributed by atoms with Crippen LogP contribution in [0.2, 0.25) is 0 Å². The van der Waals surface area contributed by atoms with E-state index >= 15 is 0 Å². The van der Waals surface area contributed by atoms with Crippen LogP contribution in [0.5, 0.6) is 0 Å². The van der Waals surface area contributed by atoms with E-state index in [-0.39, 0.29) is 5.91 Å². The summed E-state index contributed by atoms with van der Waals surface area (Å²) >= 11 is 0. The molecule has 0 unspecified atom stereocenters. The van der Waals surface area contributed by atoms with Crippen molar-refractivity contribution in [3.8, 4) is 11.8 Å². The molecule has 0 aliphatic carbocycles. The van der Waals surface area contributed by atoms with Crippen molar-refractivity contribution in [2.45, 2.75) is 6.92 Å². The maximum absolute atomic E-state index is 12.5. The predicted octanol–water partition coefficient (Wildman–Crippen LogP) is 0.778. The van der Waals surface area contributed by atoms with E-state index in [1.165, 1.54) is 0 Å². The summed E-state index contributed by atoms with van der Waals surface area (Å²) < 4.78 is 5.26. The average molecular weight is 258 g/mol. The molecule has 0 radical (unpaired) electrons. The second kappa shape index (κ2) is 6.37. The molecular formula is C15H18N2O2.